The second kappa shape index (κ2) is 15.2. The molecule has 248 valence electrons. The number of amides is 4. The van der Waals surface area contributed by atoms with Crippen LogP contribution in [0.5, 0.6) is 5.75 Å². The van der Waals surface area contributed by atoms with Crippen LogP contribution in [0, 0.1) is 0 Å². The lowest BCUT2D eigenvalue weighted by Crippen LogP contribution is -2.32. The number of rotatable bonds is 9. The quantitative estimate of drug-likeness (QED) is 0.186. The summed E-state index contributed by atoms with van der Waals surface area (Å²) in [5.41, 5.74) is 4.15. The number of ether oxygens (including phenoxy) is 1. The van der Waals surface area contributed by atoms with Crippen LogP contribution in [-0.4, -0.2) is 50.5 Å². The van der Waals surface area contributed by atoms with E-state index >= 15 is 0 Å². The summed E-state index contributed by atoms with van der Waals surface area (Å²) in [5.74, 6) is -0.885. The minimum Gasteiger partial charge on any atom is -0.497 e. The smallest absolute Gasteiger partial charge is 0.278 e. The van der Waals surface area contributed by atoms with Crippen LogP contribution in [0.2, 0.25) is 0 Å². The van der Waals surface area contributed by atoms with Crippen molar-refractivity contribution in [3.05, 3.63) is 167 Å². The molecule has 1 N–H and O–H groups in total. The van der Waals surface area contributed by atoms with E-state index in [4.69, 9.17) is 16.3 Å². The third-order valence-electron chi connectivity index (χ3n) is 7.86. The molecule has 0 atom stereocenters. The van der Waals surface area contributed by atoms with Crippen molar-refractivity contribution in [1.29, 1.82) is 0 Å². The minimum absolute atomic E-state index is 0.0397. The maximum Gasteiger partial charge on any atom is 0.278 e. The molecule has 11 heteroatoms. The Morgan fingerprint density at radius 3 is 1.56 bits per heavy atom. The summed E-state index contributed by atoms with van der Waals surface area (Å²) >= 11 is 6.07. The Bertz CT molecular complexity index is 2090. The van der Waals surface area contributed by atoms with Crippen molar-refractivity contribution in [2.24, 2.45) is 0 Å². The van der Waals surface area contributed by atoms with Crippen LogP contribution in [0.1, 0.15) is 22.5 Å². The molecule has 0 aliphatic carbocycles. The van der Waals surface area contributed by atoms with E-state index in [1.807, 2.05) is 42.5 Å². The number of nitrogens with one attached hydrogen (secondary N) is 1. The van der Waals surface area contributed by atoms with Crippen LogP contribution in [-0.2, 0) is 32.3 Å². The van der Waals surface area contributed by atoms with Crippen molar-refractivity contribution in [1.82, 2.24) is 19.8 Å². The largest absolute Gasteiger partial charge is 0.497 e. The molecule has 7 rings (SSSR count). The van der Waals surface area contributed by atoms with Crippen LogP contribution in [0.25, 0.3) is 11.1 Å². The van der Waals surface area contributed by atoms with Gasteiger partial charge in [0.15, 0.2) is 0 Å². The predicted octanol–water partition coefficient (Wildman–Crippen LogP) is 6.08. The van der Waals surface area contributed by atoms with Gasteiger partial charge in [-0.05, 0) is 59.7 Å². The van der Waals surface area contributed by atoms with Crippen LogP contribution < -0.4 is 10.1 Å². The number of carbonyl (C=O) groups excluding carboxylic acids is 4. The third kappa shape index (κ3) is 7.20. The van der Waals surface area contributed by atoms with Crippen molar-refractivity contribution in [3.8, 4) is 5.75 Å². The van der Waals surface area contributed by atoms with Crippen LogP contribution in [0.15, 0.2) is 144 Å². The number of halogens is 1. The van der Waals surface area contributed by atoms with Crippen molar-refractivity contribution in [2.45, 2.75) is 13.1 Å². The first kappa shape index (κ1) is 33.5. The summed E-state index contributed by atoms with van der Waals surface area (Å²) in [6.07, 6.45) is 3.26. The zero-order valence-electron chi connectivity index (χ0n) is 26.8. The van der Waals surface area contributed by atoms with E-state index in [9.17, 15) is 19.2 Å². The van der Waals surface area contributed by atoms with Gasteiger partial charge < -0.3 is 10.1 Å². The standard InChI is InChI=1S/C23H19N3O3.C16H11ClN2O2/c1-29-19-12-10-17(11-13-19)25-21-20(16-7-3-2-4-8-16)22(27)26(23(21)28)15-18-9-5-6-14-24-18;17-14-13(11-6-2-1-3-7-11)15(20)19(16(14)21)10-12-8-4-5-9-18-12/h2-14,25H,15H2,1H3;1-9H,10H2. The molecule has 0 saturated carbocycles. The van der Waals surface area contributed by atoms with Crippen LogP contribution in [0.4, 0.5) is 5.69 Å². The molecule has 4 heterocycles. The molecular formula is C39H30ClN5O5. The second-order valence-electron chi connectivity index (χ2n) is 11.1. The summed E-state index contributed by atoms with van der Waals surface area (Å²) in [6.45, 7) is 0.230. The Kier molecular flexibility index (Phi) is 10.2. The lowest BCUT2D eigenvalue weighted by atomic mass is 10.0. The molecule has 5 aromatic rings. The van der Waals surface area contributed by atoms with E-state index in [2.05, 4.69) is 15.3 Å². The summed E-state index contributed by atoms with van der Waals surface area (Å²) in [5, 5.41) is 3.09. The number of carbonyl (C=O) groups is 4. The van der Waals surface area contributed by atoms with Gasteiger partial charge in [0.25, 0.3) is 23.6 Å². The molecule has 2 aliphatic heterocycles. The summed E-state index contributed by atoms with van der Waals surface area (Å²) < 4.78 is 5.18. The highest BCUT2D eigenvalue weighted by Crippen LogP contribution is 2.33. The zero-order chi connectivity index (χ0) is 35.0. The number of pyridine rings is 2. The van der Waals surface area contributed by atoms with Gasteiger partial charge in [-0.2, -0.15) is 0 Å². The molecule has 0 fully saturated rings. The van der Waals surface area contributed by atoms with Crippen LogP contribution >= 0.6 is 11.6 Å². The van der Waals surface area contributed by atoms with E-state index in [0.29, 0.717) is 39.5 Å². The number of hydrogen-bond acceptors (Lipinski definition) is 8. The Hall–Kier alpha value is -6.39. The van der Waals surface area contributed by atoms with Gasteiger partial charge in [-0.25, -0.2) is 0 Å². The van der Waals surface area contributed by atoms with Crippen LogP contribution in [0.3, 0.4) is 0 Å². The summed E-state index contributed by atoms with van der Waals surface area (Å²) in [7, 11) is 1.59. The molecule has 4 amide bonds. The highest BCUT2D eigenvalue weighted by atomic mass is 35.5. The van der Waals surface area contributed by atoms with E-state index < -0.39 is 5.91 Å². The molecule has 2 aliphatic rings. The van der Waals surface area contributed by atoms with E-state index in [1.165, 1.54) is 4.90 Å². The van der Waals surface area contributed by atoms with Gasteiger partial charge >= 0.3 is 0 Å². The summed E-state index contributed by atoms with van der Waals surface area (Å²) in [6, 6.07) is 36.1. The predicted molar refractivity (Wildman–Crippen MR) is 189 cm³/mol. The Labute approximate surface area is 293 Å². The van der Waals surface area contributed by atoms with E-state index in [-0.39, 0.29) is 47.1 Å². The van der Waals surface area contributed by atoms with Gasteiger partial charge in [0.05, 0.1) is 42.7 Å². The fraction of sp³-hybridized carbons (Fsp3) is 0.0769. The lowest BCUT2D eigenvalue weighted by Gasteiger charge is -2.14. The number of aromatic nitrogens is 2. The molecule has 3 aromatic carbocycles. The molecule has 0 radical (unpaired) electrons. The first-order valence-corrected chi connectivity index (χ1v) is 15.9. The fourth-order valence-electron chi connectivity index (χ4n) is 5.38. The minimum atomic E-state index is -0.480. The van der Waals surface area contributed by atoms with E-state index in [0.717, 1.165) is 4.90 Å². The third-order valence-corrected chi connectivity index (χ3v) is 8.21. The molecule has 0 saturated heterocycles. The highest BCUT2D eigenvalue weighted by molar-refractivity contribution is 6.55. The van der Waals surface area contributed by atoms with Gasteiger partial charge in [-0.1, -0.05) is 84.4 Å². The zero-order valence-corrected chi connectivity index (χ0v) is 27.6. The number of methoxy groups -OCH3 is 1. The van der Waals surface area contributed by atoms with Crippen molar-refractivity contribution < 1.29 is 23.9 Å². The molecule has 50 heavy (non-hydrogen) atoms. The monoisotopic (exact) mass is 683 g/mol. The normalized spacial score (nSPS) is 14.3. The molecule has 0 spiro atoms. The van der Waals surface area contributed by atoms with Gasteiger partial charge in [0.1, 0.15) is 16.5 Å². The number of hydrogen-bond donors (Lipinski definition) is 1. The summed E-state index contributed by atoms with van der Waals surface area (Å²) in [4.78, 5) is 61.7. The maximum atomic E-state index is 13.2. The Balaban J connectivity index is 0.000000182. The Morgan fingerprint density at radius 1 is 0.580 bits per heavy atom. The number of anilines is 1. The Morgan fingerprint density at radius 2 is 1.06 bits per heavy atom. The number of imide groups is 2. The van der Waals surface area contributed by atoms with Gasteiger partial charge in [0.2, 0.25) is 0 Å². The fourth-order valence-corrected chi connectivity index (χ4v) is 5.67. The lowest BCUT2D eigenvalue weighted by molar-refractivity contribution is -0.139. The second-order valence-corrected chi connectivity index (χ2v) is 11.4. The SMILES string of the molecule is COc1ccc(NC2=C(c3ccccc3)C(=O)N(Cc3ccccn3)C2=O)cc1.O=C1C(Cl)=C(c2ccccc2)C(=O)N1Cc1ccccn1. The first-order chi connectivity index (χ1) is 24.4. The molecule has 0 unspecified atom stereocenters. The van der Waals surface area contributed by atoms with Crippen molar-refractivity contribution in [3.63, 3.8) is 0 Å². The molecule has 2 aromatic heterocycles. The molecular weight excluding hydrogens is 654 g/mol. The molecule has 0 bridgehead atoms. The van der Waals surface area contributed by atoms with Gasteiger partial charge in [-0.3, -0.25) is 38.9 Å². The average molecular weight is 684 g/mol. The average Bonchev–Trinajstić information content (AvgIpc) is 3.52. The maximum absolute atomic E-state index is 13.2. The van der Waals surface area contributed by atoms with Crippen molar-refractivity contribution in [2.75, 3.05) is 12.4 Å². The molecule has 10 nitrogen and oxygen atoms in total. The number of benzene rings is 3. The van der Waals surface area contributed by atoms with Crippen molar-refractivity contribution >= 4 is 52.1 Å². The van der Waals surface area contributed by atoms with Gasteiger partial charge in [0, 0.05) is 18.1 Å². The highest BCUT2D eigenvalue weighted by Gasteiger charge is 2.40. The van der Waals surface area contributed by atoms with Gasteiger partial charge in [-0.15, -0.1) is 0 Å². The number of nitrogens with zero attached hydrogens (tertiary/aromatic N) is 4. The van der Waals surface area contributed by atoms with E-state index in [1.54, 1.807) is 98.4 Å². The topological polar surface area (TPSA) is 122 Å². The first-order valence-electron chi connectivity index (χ1n) is 15.5.